The maximum Gasteiger partial charge on any atom is 0.258 e. The third-order valence-corrected chi connectivity index (χ3v) is 3.04. The van der Waals surface area contributed by atoms with E-state index in [0.717, 1.165) is 22.4 Å². The van der Waals surface area contributed by atoms with Crippen LogP contribution in [0.2, 0.25) is 0 Å². The molecule has 0 aliphatic heterocycles. The van der Waals surface area contributed by atoms with E-state index < -0.39 is 0 Å². The molecule has 0 bridgehead atoms. The van der Waals surface area contributed by atoms with Crippen molar-refractivity contribution >= 4 is 0 Å². The van der Waals surface area contributed by atoms with Gasteiger partial charge in [0.1, 0.15) is 5.75 Å². The molecule has 0 aliphatic carbocycles. The molecule has 20 heavy (non-hydrogen) atoms. The van der Waals surface area contributed by atoms with Gasteiger partial charge >= 0.3 is 0 Å². The van der Waals surface area contributed by atoms with Crippen molar-refractivity contribution in [1.82, 2.24) is 10.1 Å². The molecule has 0 amide bonds. The van der Waals surface area contributed by atoms with Gasteiger partial charge in [-0.3, -0.25) is 0 Å². The van der Waals surface area contributed by atoms with Gasteiger partial charge in [-0.1, -0.05) is 22.9 Å². The van der Waals surface area contributed by atoms with E-state index in [1.165, 1.54) is 0 Å². The zero-order valence-electron chi connectivity index (χ0n) is 11.3. The summed E-state index contributed by atoms with van der Waals surface area (Å²) in [5.74, 6) is 1.90. The van der Waals surface area contributed by atoms with Crippen LogP contribution in [0.3, 0.4) is 0 Å². The number of aryl methyl sites for hydroxylation is 1. The lowest BCUT2D eigenvalue weighted by Gasteiger charge is -1.99. The lowest BCUT2D eigenvalue weighted by Crippen LogP contribution is -1.84. The molecule has 0 atom stereocenters. The molecule has 4 heteroatoms. The summed E-state index contributed by atoms with van der Waals surface area (Å²) in [5, 5.41) is 4.02. The van der Waals surface area contributed by atoms with Crippen LogP contribution >= 0.6 is 0 Å². The molecular formula is C16H14N2O2. The smallest absolute Gasteiger partial charge is 0.258 e. The summed E-state index contributed by atoms with van der Waals surface area (Å²) in [7, 11) is 1.64. The first-order chi connectivity index (χ1) is 9.76. The molecular weight excluding hydrogens is 252 g/mol. The molecule has 2 aromatic carbocycles. The van der Waals surface area contributed by atoms with Gasteiger partial charge in [0.05, 0.1) is 7.11 Å². The molecule has 0 aliphatic rings. The Bertz CT molecular complexity index is 717. The van der Waals surface area contributed by atoms with Crippen molar-refractivity contribution in [2.24, 2.45) is 0 Å². The molecule has 0 unspecified atom stereocenters. The minimum Gasteiger partial charge on any atom is -0.497 e. The van der Waals surface area contributed by atoms with Crippen molar-refractivity contribution in [2.75, 3.05) is 7.11 Å². The summed E-state index contributed by atoms with van der Waals surface area (Å²) >= 11 is 0. The maximum atomic E-state index is 5.32. The maximum absolute atomic E-state index is 5.32. The second kappa shape index (κ2) is 5.17. The van der Waals surface area contributed by atoms with Crippen LogP contribution in [0, 0.1) is 6.92 Å². The average Bonchev–Trinajstić information content (AvgIpc) is 2.97. The Morgan fingerprint density at radius 1 is 1.00 bits per heavy atom. The minimum absolute atomic E-state index is 0.527. The summed E-state index contributed by atoms with van der Waals surface area (Å²) in [4.78, 5) is 4.43. The summed E-state index contributed by atoms with van der Waals surface area (Å²) < 4.78 is 10.5. The van der Waals surface area contributed by atoms with E-state index in [2.05, 4.69) is 10.1 Å². The first kappa shape index (κ1) is 12.4. The standard InChI is InChI=1S/C16H14N2O2/c1-11-4-3-5-13(10-11)16-17-15(18-20-16)12-6-8-14(19-2)9-7-12/h3-10H,1-2H3. The fraction of sp³-hybridized carbons (Fsp3) is 0.125. The molecule has 3 aromatic rings. The summed E-state index contributed by atoms with van der Waals surface area (Å²) in [6.45, 7) is 2.03. The lowest BCUT2D eigenvalue weighted by atomic mass is 10.1. The van der Waals surface area contributed by atoms with E-state index in [-0.39, 0.29) is 0 Å². The zero-order chi connectivity index (χ0) is 13.9. The van der Waals surface area contributed by atoms with Crippen molar-refractivity contribution in [2.45, 2.75) is 6.92 Å². The largest absolute Gasteiger partial charge is 0.497 e. The molecule has 0 saturated heterocycles. The van der Waals surface area contributed by atoms with Gasteiger partial charge in [0.2, 0.25) is 5.82 Å². The number of methoxy groups -OCH3 is 1. The molecule has 0 spiro atoms. The van der Waals surface area contributed by atoms with Crippen LogP contribution in [-0.4, -0.2) is 17.3 Å². The number of hydrogen-bond acceptors (Lipinski definition) is 4. The zero-order valence-corrected chi connectivity index (χ0v) is 11.3. The average molecular weight is 266 g/mol. The predicted molar refractivity (Wildman–Crippen MR) is 76.5 cm³/mol. The Morgan fingerprint density at radius 3 is 2.50 bits per heavy atom. The number of aromatic nitrogens is 2. The normalized spacial score (nSPS) is 10.5. The van der Waals surface area contributed by atoms with Gasteiger partial charge in [-0.2, -0.15) is 4.98 Å². The van der Waals surface area contributed by atoms with Gasteiger partial charge in [-0.15, -0.1) is 0 Å². The highest BCUT2D eigenvalue weighted by atomic mass is 16.5. The third kappa shape index (κ3) is 2.40. The van der Waals surface area contributed by atoms with Crippen molar-refractivity contribution < 1.29 is 9.26 Å². The SMILES string of the molecule is COc1ccc(-c2noc(-c3cccc(C)c3)n2)cc1. The molecule has 0 fully saturated rings. The van der Waals surface area contributed by atoms with Crippen LogP contribution in [0.4, 0.5) is 0 Å². The van der Waals surface area contributed by atoms with Crippen LogP contribution < -0.4 is 4.74 Å². The van der Waals surface area contributed by atoms with Crippen LogP contribution in [0.1, 0.15) is 5.56 Å². The Labute approximate surface area is 117 Å². The first-order valence-electron chi connectivity index (χ1n) is 6.31. The third-order valence-electron chi connectivity index (χ3n) is 3.04. The van der Waals surface area contributed by atoms with Crippen LogP contribution in [0.5, 0.6) is 5.75 Å². The van der Waals surface area contributed by atoms with E-state index in [9.17, 15) is 0 Å². The van der Waals surface area contributed by atoms with Crippen LogP contribution in [0.15, 0.2) is 53.1 Å². The molecule has 0 N–H and O–H groups in total. The summed E-state index contributed by atoms with van der Waals surface area (Å²) in [6.07, 6.45) is 0. The predicted octanol–water partition coefficient (Wildman–Crippen LogP) is 3.72. The van der Waals surface area contributed by atoms with Crippen molar-refractivity contribution in [1.29, 1.82) is 0 Å². The van der Waals surface area contributed by atoms with E-state index in [0.29, 0.717) is 11.7 Å². The fourth-order valence-corrected chi connectivity index (χ4v) is 1.98. The molecule has 4 nitrogen and oxygen atoms in total. The molecule has 1 heterocycles. The Morgan fingerprint density at radius 2 is 1.80 bits per heavy atom. The highest BCUT2D eigenvalue weighted by molar-refractivity contribution is 5.60. The summed E-state index contributed by atoms with van der Waals surface area (Å²) in [6, 6.07) is 15.5. The van der Waals surface area contributed by atoms with Crippen molar-refractivity contribution in [3.63, 3.8) is 0 Å². The second-order valence-electron chi connectivity index (χ2n) is 4.52. The van der Waals surface area contributed by atoms with E-state index in [4.69, 9.17) is 9.26 Å². The monoisotopic (exact) mass is 266 g/mol. The van der Waals surface area contributed by atoms with Gasteiger partial charge in [0, 0.05) is 11.1 Å². The molecule has 0 radical (unpaired) electrons. The Balaban J connectivity index is 1.93. The van der Waals surface area contributed by atoms with E-state index in [1.54, 1.807) is 7.11 Å². The van der Waals surface area contributed by atoms with Crippen molar-refractivity contribution in [3.05, 3.63) is 54.1 Å². The Hall–Kier alpha value is -2.62. The molecule has 100 valence electrons. The number of rotatable bonds is 3. The Kier molecular flexibility index (Phi) is 3.21. The highest BCUT2D eigenvalue weighted by Crippen LogP contribution is 2.24. The number of nitrogens with zero attached hydrogens (tertiary/aromatic N) is 2. The van der Waals surface area contributed by atoms with E-state index >= 15 is 0 Å². The molecule has 3 rings (SSSR count). The van der Waals surface area contributed by atoms with Gasteiger partial charge in [-0.05, 0) is 43.3 Å². The second-order valence-corrected chi connectivity index (χ2v) is 4.52. The molecule has 1 aromatic heterocycles. The highest BCUT2D eigenvalue weighted by Gasteiger charge is 2.10. The van der Waals surface area contributed by atoms with Gasteiger partial charge in [0.15, 0.2) is 0 Å². The van der Waals surface area contributed by atoms with Crippen LogP contribution in [-0.2, 0) is 0 Å². The fourth-order valence-electron chi connectivity index (χ4n) is 1.98. The van der Waals surface area contributed by atoms with Crippen LogP contribution in [0.25, 0.3) is 22.8 Å². The number of ether oxygens (including phenoxy) is 1. The van der Waals surface area contributed by atoms with E-state index in [1.807, 2.05) is 55.5 Å². The first-order valence-corrected chi connectivity index (χ1v) is 6.31. The number of hydrogen-bond donors (Lipinski definition) is 0. The van der Waals surface area contributed by atoms with Gasteiger partial charge < -0.3 is 9.26 Å². The van der Waals surface area contributed by atoms with Crippen molar-refractivity contribution in [3.8, 4) is 28.6 Å². The van der Waals surface area contributed by atoms with Gasteiger partial charge in [-0.25, -0.2) is 0 Å². The molecule has 0 saturated carbocycles. The number of benzene rings is 2. The quantitative estimate of drug-likeness (QED) is 0.725. The lowest BCUT2D eigenvalue weighted by molar-refractivity contribution is 0.415. The topological polar surface area (TPSA) is 48.2 Å². The van der Waals surface area contributed by atoms with Gasteiger partial charge in [0.25, 0.3) is 5.89 Å². The minimum atomic E-state index is 0.527. The summed E-state index contributed by atoms with van der Waals surface area (Å²) in [5.41, 5.74) is 2.98.